The van der Waals surface area contributed by atoms with Crippen molar-refractivity contribution in [2.24, 2.45) is 0 Å². The van der Waals surface area contributed by atoms with Crippen molar-refractivity contribution in [1.82, 2.24) is 19.9 Å². The first-order valence-electron chi connectivity index (χ1n) is 7.34. The van der Waals surface area contributed by atoms with Gasteiger partial charge in [0.15, 0.2) is 0 Å². The van der Waals surface area contributed by atoms with Gasteiger partial charge in [-0.2, -0.15) is 0 Å². The van der Waals surface area contributed by atoms with Crippen LogP contribution in [0.2, 0.25) is 0 Å². The van der Waals surface area contributed by atoms with Crippen molar-refractivity contribution >= 4 is 15.9 Å². The van der Waals surface area contributed by atoms with Gasteiger partial charge in [0, 0.05) is 50.5 Å². The SMILES string of the molecule is CC1NCCN(C(=O)CCNS(=O)(=O)c2cccnc2)C1C. The van der Waals surface area contributed by atoms with Crippen LogP contribution in [0.4, 0.5) is 0 Å². The minimum Gasteiger partial charge on any atom is -0.337 e. The Morgan fingerprint density at radius 1 is 1.50 bits per heavy atom. The van der Waals surface area contributed by atoms with Crippen molar-refractivity contribution in [1.29, 1.82) is 0 Å². The van der Waals surface area contributed by atoms with E-state index < -0.39 is 10.0 Å². The van der Waals surface area contributed by atoms with Gasteiger partial charge >= 0.3 is 0 Å². The number of sulfonamides is 1. The first-order valence-corrected chi connectivity index (χ1v) is 8.82. The van der Waals surface area contributed by atoms with Gasteiger partial charge in [0.2, 0.25) is 15.9 Å². The Balaban J connectivity index is 1.87. The molecular weight excluding hydrogens is 304 g/mol. The van der Waals surface area contributed by atoms with Gasteiger partial charge in [-0.1, -0.05) is 0 Å². The molecule has 2 unspecified atom stereocenters. The Labute approximate surface area is 131 Å². The summed E-state index contributed by atoms with van der Waals surface area (Å²) < 4.78 is 26.5. The number of amides is 1. The zero-order valence-corrected chi connectivity index (χ0v) is 13.6. The van der Waals surface area contributed by atoms with Gasteiger partial charge < -0.3 is 10.2 Å². The molecule has 8 heteroatoms. The highest BCUT2D eigenvalue weighted by molar-refractivity contribution is 7.89. The molecule has 22 heavy (non-hydrogen) atoms. The molecule has 122 valence electrons. The number of carbonyl (C=O) groups is 1. The number of aromatic nitrogens is 1. The Hall–Kier alpha value is -1.51. The average Bonchev–Trinajstić information content (AvgIpc) is 2.50. The van der Waals surface area contributed by atoms with Crippen LogP contribution in [0.3, 0.4) is 0 Å². The van der Waals surface area contributed by atoms with Gasteiger partial charge in [-0.3, -0.25) is 9.78 Å². The molecule has 2 atom stereocenters. The van der Waals surface area contributed by atoms with Crippen molar-refractivity contribution in [3.63, 3.8) is 0 Å². The standard InChI is InChI=1S/C14H22N4O3S/c1-11-12(2)18(9-8-16-11)14(19)5-7-17-22(20,21)13-4-3-6-15-10-13/h3-4,6,10-12,16-17H,5,7-9H2,1-2H3. The van der Waals surface area contributed by atoms with E-state index in [1.807, 2.05) is 13.8 Å². The third kappa shape index (κ3) is 4.02. The summed E-state index contributed by atoms with van der Waals surface area (Å²) in [6.07, 6.45) is 2.94. The lowest BCUT2D eigenvalue weighted by Gasteiger charge is -2.38. The molecule has 1 amide bonds. The molecule has 1 fully saturated rings. The maximum Gasteiger partial charge on any atom is 0.242 e. The molecule has 1 aromatic heterocycles. The third-order valence-corrected chi connectivity index (χ3v) is 5.38. The van der Waals surface area contributed by atoms with E-state index in [1.54, 1.807) is 11.0 Å². The molecule has 0 radical (unpaired) electrons. The molecule has 1 aliphatic rings. The molecule has 0 aliphatic carbocycles. The van der Waals surface area contributed by atoms with E-state index in [1.165, 1.54) is 18.5 Å². The lowest BCUT2D eigenvalue weighted by Crippen LogP contribution is -2.57. The van der Waals surface area contributed by atoms with Crippen LogP contribution < -0.4 is 10.0 Å². The molecule has 2 N–H and O–H groups in total. The highest BCUT2D eigenvalue weighted by atomic mass is 32.2. The summed E-state index contributed by atoms with van der Waals surface area (Å²) in [5, 5.41) is 3.31. The van der Waals surface area contributed by atoms with E-state index in [2.05, 4.69) is 15.0 Å². The van der Waals surface area contributed by atoms with E-state index in [9.17, 15) is 13.2 Å². The van der Waals surface area contributed by atoms with Crippen molar-refractivity contribution in [2.75, 3.05) is 19.6 Å². The largest absolute Gasteiger partial charge is 0.337 e. The smallest absolute Gasteiger partial charge is 0.242 e. The Morgan fingerprint density at radius 3 is 2.95 bits per heavy atom. The first kappa shape index (κ1) is 16.9. The fourth-order valence-corrected chi connectivity index (χ4v) is 3.43. The van der Waals surface area contributed by atoms with Crippen molar-refractivity contribution < 1.29 is 13.2 Å². The van der Waals surface area contributed by atoms with Crippen LogP contribution in [0, 0.1) is 0 Å². The van der Waals surface area contributed by atoms with E-state index in [0.717, 1.165) is 6.54 Å². The minimum absolute atomic E-state index is 0.0327. The molecular formula is C14H22N4O3S. The van der Waals surface area contributed by atoms with Gasteiger partial charge in [-0.05, 0) is 26.0 Å². The molecule has 2 rings (SSSR count). The van der Waals surface area contributed by atoms with Gasteiger partial charge in [-0.15, -0.1) is 0 Å². The molecule has 7 nitrogen and oxygen atoms in total. The number of nitrogens with zero attached hydrogens (tertiary/aromatic N) is 2. The normalized spacial score (nSPS) is 22.5. The van der Waals surface area contributed by atoms with Gasteiger partial charge in [0.1, 0.15) is 4.90 Å². The first-order chi connectivity index (χ1) is 10.4. The van der Waals surface area contributed by atoms with Crippen LogP contribution in [0.15, 0.2) is 29.4 Å². The molecule has 0 aromatic carbocycles. The van der Waals surface area contributed by atoms with E-state index >= 15 is 0 Å². The second kappa shape index (κ2) is 7.17. The van der Waals surface area contributed by atoms with Crippen LogP contribution in [0.5, 0.6) is 0 Å². The van der Waals surface area contributed by atoms with E-state index in [-0.39, 0.29) is 35.9 Å². The van der Waals surface area contributed by atoms with Gasteiger partial charge in [-0.25, -0.2) is 13.1 Å². The fourth-order valence-electron chi connectivity index (χ4n) is 2.43. The van der Waals surface area contributed by atoms with Crippen molar-refractivity contribution in [3.8, 4) is 0 Å². The summed E-state index contributed by atoms with van der Waals surface area (Å²) in [6.45, 7) is 5.53. The lowest BCUT2D eigenvalue weighted by atomic mass is 10.1. The molecule has 0 bridgehead atoms. The van der Waals surface area contributed by atoms with Crippen LogP contribution in [0.25, 0.3) is 0 Å². The average molecular weight is 326 g/mol. The van der Waals surface area contributed by atoms with Crippen molar-refractivity contribution in [3.05, 3.63) is 24.5 Å². The highest BCUT2D eigenvalue weighted by Crippen LogP contribution is 2.11. The summed E-state index contributed by atoms with van der Waals surface area (Å²) in [5.74, 6) is -0.0327. The predicted molar refractivity (Wildman–Crippen MR) is 82.7 cm³/mol. The van der Waals surface area contributed by atoms with E-state index in [4.69, 9.17) is 0 Å². The maximum absolute atomic E-state index is 12.2. The Morgan fingerprint density at radius 2 is 2.27 bits per heavy atom. The zero-order valence-electron chi connectivity index (χ0n) is 12.8. The lowest BCUT2D eigenvalue weighted by molar-refractivity contribution is -0.134. The number of piperazine rings is 1. The zero-order chi connectivity index (χ0) is 16.2. The second-order valence-corrected chi connectivity index (χ2v) is 7.17. The Bertz CT molecular complexity index is 606. The monoisotopic (exact) mass is 326 g/mol. The topological polar surface area (TPSA) is 91.4 Å². The number of nitrogens with one attached hydrogen (secondary N) is 2. The minimum atomic E-state index is -3.61. The summed E-state index contributed by atoms with van der Waals surface area (Å²) >= 11 is 0. The maximum atomic E-state index is 12.2. The Kier molecular flexibility index (Phi) is 5.49. The van der Waals surface area contributed by atoms with Crippen LogP contribution >= 0.6 is 0 Å². The third-order valence-electron chi connectivity index (χ3n) is 3.93. The molecule has 0 spiro atoms. The van der Waals surface area contributed by atoms with Crippen LogP contribution in [0.1, 0.15) is 20.3 Å². The number of hydrogen-bond acceptors (Lipinski definition) is 5. The van der Waals surface area contributed by atoms with Gasteiger partial charge in [0.25, 0.3) is 0 Å². The number of rotatable bonds is 5. The molecule has 1 aliphatic heterocycles. The van der Waals surface area contributed by atoms with Crippen LogP contribution in [-0.4, -0.2) is 55.9 Å². The molecule has 1 aromatic rings. The van der Waals surface area contributed by atoms with Crippen LogP contribution in [-0.2, 0) is 14.8 Å². The molecule has 0 saturated carbocycles. The fraction of sp³-hybridized carbons (Fsp3) is 0.571. The summed E-state index contributed by atoms with van der Waals surface area (Å²) in [7, 11) is -3.61. The van der Waals surface area contributed by atoms with E-state index in [0.29, 0.717) is 6.54 Å². The number of hydrogen-bond donors (Lipinski definition) is 2. The van der Waals surface area contributed by atoms with Gasteiger partial charge in [0.05, 0.1) is 0 Å². The molecule has 2 heterocycles. The number of carbonyl (C=O) groups excluding carboxylic acids is 1. The number of pyridine rings is 1. The van der Waals surface area contributed by atoms with Crippen molar-refractivity contribution in [2.45, 2.75) is 37.2 Å². The quantitative estimate of drug-likeness (QED) is 0.792. The summed E-state index contributed by atoms with van der Waals surface area (Å²) in [4.78, 5) is 17.9. The highest BCUT2D eigenvalue weighted by Gasteiger charge is 2.27. The molecule has 1 saturated heterocycles. The second-order valence-electron chi connectivity index (χ2n) is 5.41. The predicted octanol–water partition coefficient (Wildman–Crippen LogP) is -0.0412. The summed E-state index contributed by atoms with van der Waals surface area (Å²) in [6, 6.07) is 3.38. The summed E-state index contributed by atoms with van der Waals surface area (Å²) in [5.41, 5.74) is 0.